The summed E-state index contributed by atoms with van der Waals surface area (Å²) in [5.74, 6) is 1.34. The summed E-state index contributed by atoms with van der Waals surface area (Å²) in [4.78, 5) is 11.0. The van der Waals surface area contributed by atoms with Gasteiger partial charge in [-0.15, -0.1) is 11.8 Å². The third-order valence-electron chi connectivity index (χ3n) is 2.77. The van der Waals surface area contributed by atoms with Crippen LogP contribution in [-0.2, 0) is 4.79 Å². The van der Waals surface area contributed by atoms with E-state index in [-0.39, 0.29) is 0 Å². The predicted molar refractivity (Wildman–Crippen MR) is 90.1 cm³/mol. The fourth-order valence-corrected chi connectivity index (χ4v) is 5.04. The number of thioether (sulfide) groups is 1. The topological polar surface area (TPSA) is 17.1 Å². The maximum atomic E-state index is 11.0. The van der Waals surface area contributed by atoms with E-state index >= 15 is 0 Å². The van der Waals surface area contributed by atoms with Gasteiger partial charge >= 0.3 is 0 Å². The molecular weight excluding hydrogens is 268 g/mol. The van der Waals surface area contributed by atoms with E-state index in [0.717, 1.165) is 12.2 Å². The van der Waals surface area contributed by atoms with Crippen molar-refractivity contribution in [2.45, 2.75) is 39.4 Å². The molecule has 0 fully saturated rings. The molecule has 104 valence electrons. The molecule has 0 aliphatic carbocycles. The third-order valence-corrected chi connectivity index (χ3v) is 7.58. The van der Waals surface area contributed by atoms with Gasteiger partial charge in [-0.2, -0.15) is 0 Å². The molecule has 0 N–H and O–H groups in total. The molecular formula is C16H24OSSi. The van der Waals surface area contributed by atoms with Crippen LogP contribution >= 0.6 is 11.8 Å². The van der Waals surface area contributed by atoms with Crippen molar-refractivity contribution in [1.29, 1.82) is 0 Å². The first-order chi connectivity index (χ1) is 8.89. The van der Waals surface area contributed by atoms with Crippen molar-refractivity contribution in [2.75, 3.05) is 5.75 Å². The highest BCUT2D eigenvalue weighted by Crippen LogP contribution is 2.29. The molecule has 0 radical (unpaired) electrons. The van der Waals surface area contributed by atoms with Gasteiger partial charge in [0, 0.05) is 6.42 Å². The minimum Gasteiger partial charge on any atom is -0.300 e. The molecule has 3 heteroatoms. The van der Waals surface area contributed by atoms with Crippen molar-refractivity contribution in [3.05, 3.63) is 40.4 Å². The van der Waals surface area contributed by atoms with E-state index in [0.29, 0.717) is 12.2 Å². The summed E-state index contributed by atoms with van der Waals surface area (Å²) in [7, 11) is -1.31. The molecule has 0 heterocycles. The van der Waals surface area contributed by atoms with Crippen LogP contribution in [0, 0.1) is 0 Å². The summed E-state index contributed by atoms with van der Waals surface area (Å²) in [5.41, 5.74) is 1.28. The number of hydrogen-bond acceptors (Lipinski definition) is 2. The Labute approximate surface area is 122 Å². The number of rotatable bonds is 7. The number of hydrogen-bond donors (Lipinski definition) is 0. The second-order valence-electron chi connectivity index (χ2n) is 5.82. The third kappa shape index (κ3) is 6.78. The maximum absolute atomic E-state index is 11.0. The van der Waals surface area contributed by atoms with Gasteiger partial charge in [0.05, 0.1) is 8.07 Å². The highest BCUT2D eigenvalue weighted by atomic mass is 32.2. The van der Waals surface area contributed by atoms with Gasteiger partial charge in [0.15, 0.2) is 0 Å². The summed E-state index contributed by atoms with van der Waals surface area (Å²) in [6.45, 7) is 8.79. The number of carbonyl (C=O) groups excluding carboxylic acids is 1. The molecule has 19 heavy (non-hydrogen) atoms. The average Bonchev–Trinajstić information content (AvgIpc) is 2.32. The lowest BCUT2D eigenvalue weighted by molar-refractivity contribution is -0.117. The van der Waals surface area contributed by atoms with E-state index in [9.17, 15) is 4.79 Å². The molecule has 0 saturated heterocycles. The molecule has 0 spiro atoms. The first-order valence-corrected chi connectivity index (χ1v) is 11.3. The predicted octanol–water partition coefficient (Wildman–Crippen LogP) is 5.01. The molecule has 1 aromatic carbocycles. The van der Waals surface area contributed by atoms with Crippen molar-refractivity contribution < 1.29 is 4.79 Å². The van der Waals surface area contributed by atoms with E-state index in [1.54, 1.807) is 6.92 Å². The molecule has 0 saturated carbocycles. The van der Waals surface area contributed by atoms with Crippen molar-refractivity contribution in [3.63, 3.8) is 0 Å². The van der Waals surface area contributed by atoms with Gasteiger partial charge in [0.2, 0.25) is 0 Å². The van der Waals surface area contributed by atoms with Crippen molar-refractivity contribution in [3.8, 4) is 0 Å². The highest BCUT2D eigenvalue weighted by Gasteiger charge is 2.19. The van der Waals surface area contributed by atoms with E-state index in [1.165, 1.54) is 10.1 Å². The van der Waals surface area contributed by atoms with Crippen LogP contribution in [0.5, 0.6) is 0 Å². The minimum absolute atomic E-state index is 0.294. The second-order valence-corrected chi connectivity index (χ2v) is 12.4. The number of benzene rings is 1. The van der Waals surface area contributed by atoms with Gasteiger partial charge in [-0.3, -0.25) is 0 Å². The Morgan fingerprint density at radius 2 is 1.84 bits per heavy atom. The Morgan fingerprint density at radius 1 is 1.21 bits per heavy atom. The van der Waals surface area contributed by atoms with Gasteiger partial charge in [-0.25, -0.2) is 0 Å². The van der Waals surface area contributed by atoms with Crippen LogP contribution in [0.15, 0.2) is 34.9 Å². The zero-order valence-electron chi connectivity index (χ0n) is 12.4. The van der Waals surface area contributed by atoms with Crippen molar-refractivity contribution in [2.24, 2.45) is 0 Å². The first kappa shape index (κ1) is 16.3. The van der Waals surface area contributed by atoms with Crippen LogP contribution in [0.2, 0.25) is 19.6 Å². The fourth-order valence-electron chi connectivity index (χ4n) is 1.68. The van der Waals surface area contributed by atoms with Gasteiger partial charge < -0.3 is 4.79 Å². The molecule has 0 unspecified atom stereocenters. The van der Waals surface area contributed by atoms with Gasteiger partial charge in [-0.05, 0) is 35.3 Å². The summed E-state index contributed by atoms with van der Waals surface area (Å²) in [5, 5.41) is 0. The Hall–Kier alpha value is -0.803. The Balaban J connectivity index is 2.68. The SMILES string of the molecule is CC(=O)CCCS/C(=C\c1ccccc1)[Si](C)(C)C. The molecule has 0 aliphatic heterocycles. The fraction of sp³-hybridized carbons (Fsp3) is 0.438. The highest BCUT2D eigenvalue weighted by molar-refractivity contribution is 8.05. The molecule has 0 aliphatic rings. The lowest BCUT2D eigenvalue weighted by Gasteiger charge is -2.20. The van der Waals surface area contributed by atoms with Crippen molar-refractivity contribution in [1.82, 2.24) is 0 Å². The lowest BCUT2D eigenvalue weighted by Crippen LogP contribution is -2.22. The van der Waals surface area contributed by atoms with Crippen LogP contribution in [0.1, 0.15) is 25.3 Å². The van der Waals surface area contributed by atoms with Gasteiger partial charge in [0.1, 0.15) is 5.78 Å². The van der Waals surface area contributed by atoms with Crippen LogP contribution in [0.25, 0.3) is 6.08 Å². The van der Waals surface area contributed by atoms with Gasteiger partial charge in [-0.1, -0.05) is 50.0 Å². The number of Topliss-reactive ketones (excluding diaryl/α,β-unsaturated/α-hetero) is 1. The molecule has 1 rings (SSSR count). The molecule has 0 aromatic heterocycles. The second kappa shape index (κ2) is 7.71. The Morgan fingerprint density at radius 3 is 2.37 bits per heavy atom. The zero-order valence-corrected chi connectivity index (χ0v) is 14.2. The normalized spacial score (nSPS) is 12.5. The lowest BCUT2D eigenvalue weighted by atomic mass is 10.2. The summed E-state index contributed by atoms with van der Waals surface area (Å²) >= 11 is 1.94. The summed E-state index contributed by atoms with van der Waals surface area (Å²) in [6.07, 6.45) is 4.01. The monoisotopic (exact) mass is 292 g/mol. The number of ketones is 1. The largest absolute Gasteiger partial charge is 0.300 e. The summed E-state index contributed by atoms with van der Waals surface area (Å²) < 4.78 is 1.52. The quantitative estimate of drug-likeness (QED) is 0.519. The van der Waals surface area contributed by atoms with E-state index in [1.807, 2.05) is 17.8 Å². The first-order valence-electron chi connectivity index (χ1n) is 6.79. The maximum Gasteiger partial charge on any atom is 0.129 e. The van der Waals surface area contributed by atoms with Crippen LogP contribution < -0.4 is 0 Å². The zero-order chi connectivity index (χ0) is 14.3. The van der Waals surface area contributed by atoms with Crippen molar-refractivity contribution >= 4 is 31.7 Å². The molecule has 1 nitrogen and oxygen atoms in total. The average molecular weight is 293 g/mol. The Kier molecular flexibility index (Phi) is 6.59. The van der Waals surface area contributed by atoms with E-state index in [4.69, 9.17) is 0 Å². The Bertz CT molecular complexity index is 432. The van der Waals surface area contributed by atoms with Crippen LogP contribution in [0.4, 0.5) is 0 Å². The molecule has 1 aromatic rings. The summed E-state index contributed by atoms with van der Waals surface area (Å²) in [6, 6.07) is 10.5. The van der Waals surface area contributed by atoms with E-state index < -0.39 is 8.07 Å². The standard InChI is InChI=1S/C16H24OSSi/c1-14(17)9-8-12-18-16(19(2,3)4)13-15-10-6-5-7-11-15/h5-7,10-11,13H,8-9,12H2,1-4H3/b16-13+. The van der Waals surface area contributed by atoms with Gasteiger partial charge in [0.25, 0.3) is 0 Å². The van der Waals surface area contributed by atoms with Crippen LogP contribution in [-0.4, -0.2) is 19.6 Å². The molecule has 0 amide bonds. The smallest absolute Gasteiger partial charge is 0.129 e. The van der Waals surface area contributed by atoms with E-state index in [2.05, 4.69) is 50.0 Å². The molecule has 0 bridgehead atoms. The van der Waals surface area contributed by atoms with Crippen LogP contribution in [0.3, 0.4) is 0 Å². The number of carbonyl (C=O) groups is 1. The molecule has 0 atom stereocenters. The minimum atomic E-state index is -1.31.